The molecule has 2 rings (SSSR count). The molecule has 0 bridgehead atoms. The molecule has 4 heteroatoms. The second-order valence-electron chi connectivity index (χ2n) is 5.81. The number of rotatable bonds is 5. The normalized spacial score (nSPS) is 18.4. The highest BCUT2D eigenvalue weighted by Gasteiger charge is 2.20. The van der Waals surface area contributed by atoms with Crippen LogP contribution in [0.2, 0.25) is 0 Å². The quantitative estimate of drug-likeness (QED) is 0.501. The van der Waals surface area contributed by atoms with Gasteiger partial charge in [0.1, 0.15) is 0 Å². The molecule has 1 fully saturated rings. The Kier molecular flexibility index (Phi) is 5.53. The van der Waals surface area contributed by atoms with Gasteiger partial charge in [-0.1, -0.05) is 43.9 Å². The van der Waals surface area contributed by atoms with E-state index in [1.165, 1.54) is 38.5 Å². The molecule has 0 unspecified atom stereocenters. The average Bonchev–Trinajstić information content (AvgIpc) is 2.74. The molecule has 1 aromatic rings. The Balaban J connectivity index is 1.92. The van der Waals surface area contributed by atoms with Gasteiger partial charge < -0.3 is 5.32 Å². The van der Waals surface area contributed by atoms with Gasteiger partial charge in [-0.3, -0.25) is 10.1 Å². The monoisotopic (exact) mass is 276 g/mol. The van der Waals surface area contributed by atoms with Crippen molar-refractivity contribution in [2.24, 2.45) is 5.92 Å². The van der Waals surface area contributed by atoms with Gasteiger partial charge in [-0.05, 0) is 25.7 Å². The van der Waals surface area contributed by atoms with Gasteiger partial charge in [-0.2, -0.15) is 0 Å². The summed E-state index contributed by atoms with van der Waals surface area (Å²) < 4.78 is 0. The average molecular weight is 276 g/mol. The van der Waals surface area contributed by atoms with Crippen molar-refractivity contribution in [2.45, 2.75) is 58.0 Å². The molecular weight excluding hydrogens is 252 g/mol. The molecule has 1 aliphatic carbocycles. The number of nitrogens with zero attached hydrogens (tertiary/aromatic N) is 1. The van der Waals surface area contributed by atoms with Crippen molar-refractivity contribution in [2.75, 3.05) is 0 Å². The molecule has 1 saturated carbocycles. The van der Waals surface area contributed by atoms with Crippen molar-refractivity contribution < 1.29 is 4.92 Å². The van der Waals surface area contributed by atoms with E-state index in [1.54, 1.807) is 12.1 Å². The van der Waals surface area contributed by atoms with Crippen molar-refractivity contribution in [1.82, 2.24) is 5.32 Å². The summed E-state index contributed by atoms with van der Waals surface area (Å²) in [5.74, 6) is 0.709. The van der Waals surface area contributed by atoms with Crippen molar-refractivity contribution in [3.63, 3.8) is 0 Å². The van der Waals surface area contributed by atoms with Crippen LogP contribution in [0.25, 0.3) is 0 Å². The van der Waals surface area contributed by atoms with Crippen LogP contribution in [0, 0.1) is 16.0 Å². The van der Waals surface area contributed by atoms with Gasteiger partial charge in [-0.15, -0.1) is 0 Å². The van der Waals surface area contributed by atoms with Gasteiger partial charge >= 0.3 is 0 Å². The van der Waals surface area contributed by atoms with E-state index < -0.39 is 0 Å². The van der Waals surface area contributed by atoms with Gasteiger partial charge in [-0.25, -0.2) is 0 Å². The molecule has 4 nitrogen and oxygen atoms in total. The molecule has 1 aromatic carbocycles. The molecule has 0 heterocycles. The van der Waals surface area contributed by atoms with E-state index in [9.17, 15) is 10.1 Å². The first-order chi connectivity index (χ1) is 9.68. The number of benzene rings is 1. The van der Waals surface area contributed by atoms with E-state index in [2.05, 4.69) is 12.2 Å². The molecule has 1 atom stereocenters. The van der Waals surface area contributed by atoms with Crippen molar-refractivity contribution >= 4 is 5.69 Å². The van der Waals surface area contributed by atoms with Gasteiger partial charge in [0.15, 0.2) is 0 Å². The van der Waals surface area contributed by atoms with E-state index in [0.29, 0.717) is 18.5 Å². The summed E-state index contributed by atoms with van der Waals surface area (Å²) in [6.07, 6.45) is 7.92. The summed E-state index contributed by atoms with van der Waals surface area (Å²) >= 11 is 0. The summed E-state index contributed by atoms with van der Waals surface area (Å²) in [5, 5.41) is 14.5. The Bertz CT molecular complexity index is 440. The smallest absolute Gasteiger partial charge is 0.273 e. The van der Waals surface area contributed by atoms with Crippen LogP contribution in [0.1, 0.15) is 51.0 Å². The SMILES string of the molecule is C[C@H](NCc1ccccc1[N+](=O)[O-])C1CCCCCC1. The molecule has 0 spiro atoms. The van der Waals surface area contributed by atoms with Crippen LogP contribution in [-0.2, 0) is 6.54 Å². The fourth-order valence-corrected chi connectivity index (χ4v) is 3.09. The molecule has 0 aromatic heterocycles. The first-order valence-corrected chi connectivity index (χ1v) is 7.64. The molecule has 20 heavy (non-hydrogen) atoms. The van der Waals surface area contributed by atoms with E-state index in [1.807, 2.05) is 12.1 Å². The number of nitro benzene ring substituents is 1. The van der Waals surface area contributed by atoms with Crippen LogP contribution < -0.4 is 5.32 Å². The Morgan fingerprint density at radius 2 is 1.90 bits per heavy atom. The van der Waals surface area contributed by atoms with Crippen LogP contribution in [0.4, 0.5) is 5.69 Å². The molecule has 1 N–H and O–H groups in total. The summed E-state index contributed by atoms with van der Waals surface area (Å²) in [4.78, 5) is 10.7. The molecule has 1 aliphatic rings. The molecule has 110 valence electrons. The Morgan fingerprint density at radius 1 is 1.25 bits per heavy atom. The summed E-state index contributed by atoms with van der Waals surface area (Å²) in [5.41, 5.74) is 0.992. The lowest BCUT2D eigenvalue weighted by Gasteiger charge is -2.23. The van der Waals surface area contributed by atoms with Crippen LogP contribution in [0.15, 0.2) is 24.3 Å². The Hall–Kier alpha value is -1.42. The van der Waals surface area contributed by atoms with Gasteiger partial charge in [0, 0.05) is 24.2 Å². The minimum absolute atomic E-state index is 0.216. The number of nitro groups is 1. The Morgan fingerprint density at radius 3 is 2.55 bits per heavy atom. The lowest BCUT2D eigenvalue weighted by atomic mass is 9.93. The van der Waals surface area contributed by atoms with Gasteiger partial charge in [0.25, 0.3) is 5.69 Å². The highest BCUT2D eigenvalue weighted by Crippen LogP contribution is 2.26. The zero-order valence-corrected chi connectivity index (χ0v) is 12.2. The largest absolute Gasteiger partial charge is 0.310 e. The summed E-state index contributed by atoms with van der Waals surface area (Å²) in [6, 6.07) is 7.42. The highest BCUT2D eigenvalue weighted by molar-refractivity contribution is 5.39. The van der Waals surface area contributed by atoms with Crippen molar-refractivity contribution in [3.05, 3.63) is 39.9 Å². The molecule has 0 saturated heterocycles. The predicted molar refractivity (Wildman–Crippen MR) is 80.6 cm³/mol. The fraction of sp³-hybridized carbons (Fsp3) is 0.625. The topological polar surface area (TPSA) is 55.2 Å². The number of hydrogen-bond donors (Lipinski definition) is 1. The first-order valence-electron chi connectivity index (χ1n) is 7.64. The molecule has 0 amide bonds. The number of nitrogens with one attached hydrogen (secondary N) is 1. The maximum Gasteiger partial charge on any atom is 0.273 e. The molecule has 0 aliphatic heterocycles. The maximum absolute atomic E-state index is 11.0. The second kappa shape index (κ2) is 7.39. The van der Waals surface area contributed by atoms with E-state index in [4.69, 9.17) is 0 Å². The third-order valence-corrected chi connectivity index (χ3v) is 4.41. The van der Waals surface area contributed by atoms with E-state index >= 15 is 0 Å². The highest BCUT2D eigenvalue weighted by atomic mass is 16.6. The lowest BCUT2D eigenvalue weighted by Crippen LogP contribution is -2.33. The first kappa shape index (κ1) is 15.0. The summed E-state index contributed by atoms with van der Waals surface area (Å²) in [7, 11) is 0. The zero-order valence-electron chi connectivity index (χ0n) is 12.2. The van der Waals surface area contributed by atoms with Crippen LogP contribution in [0.5, 0.6) is 0 Å². The van der Waals surface area contributed by atoms with Crippen molar-refractivity contribution in [1.29, 1.82) is 0 Å². The van der Waals surface area contributed by atoms with E-state index in [0.717, 1.165) is 5.56 Å². The lowest BCUT2D eigenvalue weighted by molar-refractivity contribution is -0.385. The van der Waals surface area contributed by atoms with Gasteiger partial charge in [0.2, 0.25) is 0 Å². The third-order valence-electron chi connectivity index (χ3n) is 4.41. The van der Waals surface area contributed by atoms with Crippen LogP contribution in [0.3, 0.4) is 0 Å². The van der Waals surface area contributed by atoms with Crippen molar-refractivity contribution in [3.8, 4) is 0 Å². The standard InChI is InChI=1S/C16H24N2O2/c1-13(14-8-4-2-3-5-9-14)17-12-15-10-6-7-11-16(15)18(19)20/h6-7,10-11,13-14,17H,2-5,8-9,12H2,1H3/t13-/m0/s1. The molecular formula is C16H24N2O2. The summed E-state index contributed by atoms with van der Waals surface area (Å²) in [6.45, 7) is 2.79. The minimum Gasteiger partial charge on any atom is -0.310 e. The van der Waals surface area contributed by atoms with Crippen LogP contribution in [-0.4, -0.2) is 11.0 Å². The molecule has 0 radical (unpaired) electrons. The fourth-order valence-electron chi connectivity index (χ4n) is 3.09. The van der Waals surface area contributed by atoms with E-state index in [-0.39, 0.29) is 10.6 Å². The maximum atomic E-state index is 11.0. The second-order valence-corrected chi connectivity index (χ2v) is 5.81. The third kappa shape index (κ3) is 4.04. The number of para-hydroxylation sites is 1. The minimum atomic E-state index is -0.298. The predicted octanol–water partition coefficient (Wildman–Crippen LogP) is 4.04. The number of hydrogen-bond acceptors (Lipinski definition) is 3. The van der Waals surface area contributed by atoms with Crippen LogP contribution >= 0.6 is 0 Å². The zero-order chi connectivity index (χ0) is 14.4. The van der Waals surface area contributed by atoms with Gasteiger partial charge in [0.05, 0.1) is 4.92 Å². The Labute approximate surface area is 120 Å².